The number of piperazine rings is 1. The number of anilines is 2. The number of para-hydroxylation sites is 2. The van der Waals surface area contributed by atoms with Crippen LogP contribution in [0.15, 0.2) is 36.4 Å². The van der Waals surface area contributed by atoms with Crippen LogP contribution in [0.25, 0.3) is 0 Å². The van der Waals surface area contributed by atoms with E-state index in [-0.39, 0.29) is 0 Å². The normalized spacial score (nSPS) is 14.3. The van der Waals surface area contributed by atoms with E-state index in [1.54, 1.807) is 0 Å². The summed E-state index contributed by atoms with van der Waals surface area (Å²) in [5.74, 6) is 0. The van der Waals surface area contributed by atoms with Crippen LogP contribution >= 0.6 is 24.4 Å². The molecule has 166 valence electrons. The van der Waals surface area contributed by atoms with E-state index in [4.69, 9.17) is 24.4 Å². The highest BCUT2D eigenvalue weighted by Crippen LogP contribution is 2.21. The van der Waals surface area contributed by atoms with Gasteiger partial charge in [0, 0.05) is 50.6 Å². The van der Waals surface area contributed by atoms with Crippen LogP contribution < -0.4 is 16.0 Å². The number of rotatable bonds is 5. The fourth-order valence-corrected chi connectivity index (χ4v) is 4.36. The van der Waals surface area contributed by atoms with Gasteiger partial charge in [0.1, 0.15) is 0 Å². The van der Waals surface area contributed by atoms with Crippen molar-refractivity contribution in [3.63, 3.8) is 0 Å². The highest BCUT2D eigenvalue weighted by Gasteiger charge is 2.19. The molecule has 1 fully saturated rings. The second-order valence-electron chi connectivity index (χ2n) is 8.17. The van der Waals surface area contributed by atoms with Gasteiger partial charge in [0.2, 0.25) is 0 Å². The van der Waals surface area contributed by atoms with Gasteiger partial charge < -0.3 is 20.9 Å². The summed E-state index contributed by atoms with van der Waals surface area (Å²) in [6, 6.07) is 12.6. The van der Waals surface area contributed by atoms with Crippen LogP contribution in [-0.2, 0) is 0 Å². The van der Waals surface area contributed by atoms with Crippen LogP contribution in [0.5, 0.6) is 0 Å². The second kappa shape index (κ2) is 10.9. The molecule has 0 bridgehead atoms. The molecule has 31 heavy (non-hydrogen) atoms. The average molecular weight is 456 g/mol. The number of thiocarbonyl (C=S) groups is 2. The highest BCUT2D eigenvalue weighted by molar-refractivity contribution is 7.80. The molecular weight excluding hydrogens is 422 g/mol. The summed E-state index contributed by atoms with van der Waals surface area (Å²) in [7, 11) is 0. The lowest BCUT2D eigenvalue weighted by Gasteiger charge is -2.36. The van der Waals surface area contributed by atoms with Crippen molar-refractivity contribution < 1.29 is 0 Å². The van der Waals surface area contributed by atoms with Crippen molar-refractivity contribution in [2.24, 2.45) is 0 Å². The van der Waals surface area contributed by atoms with E-state index in [1.165, 1.54) is 22.3 Å². The van der Waals surface area contributed by atoms with Gasteiger partial charge in [0.25, 0.3) is 0 Å². The maximum atomic E-state index is 5.68. The Morgan fingerprint density at radius 1 is 0.774 bits per heavy atom. The number of benzene rings is 2. The van der Waals surface area contributed by atoms with E-state index in [2.05, 4.69) is 89.8 Å². The fourth-order valence-electron chi connectivity index (χ4n) is 3.87. The number of hydrogen-bond donors (Lipinski definition) is 3. The average Bonchev–Trinajstić information content (AvgIpc) is 2.74. The zero-order valence-electron chi connectivity index (χ0n) is 18.9. The Balaban J connectivity index is 1.39. The van der Waals surface area contributed by atoms with Crippen LogP contribution in [-0.4, -0.2) is 59.3 Å². The minimum absolute atomic E-state index is 0.676. The first-order valence-corrected chi connectivity index (χ1v) is 11.6. The molecule has 0 spiro atoms. The molecule has 3 rings (SSSR count). The molecule has 1 aliphatic heterocycles. The van der Waals surface area contributed by atoms with Crippen LogP contribution in [0, 0.1) is 27.7 Å². The van der Waals surface area contributed by atoms with Crippen molar-refractivity contribution in [2.45, 2.75) is 27.7 Å². The molecule has 2 aromatic carbocycles. The third-order valence-electron chi connectivity index (χ3n) is 5.81. The third-order valence-corrected chi connectivity index (χ3v) is 6.41. The van der Waals surface area contributed by atoms with Crippen LogP contribution in [0.4, 0.5) is 11.4 Å². The topological polar surface area (TPSA) is 42.6 Å². The minimum atomic E-state index is 0.676. The van der Waals surface area contributed by atoms with Crippen molar-refractivity contribution in [3.8, 4) is 0 Å². The molecule has 0 amide bonds. The first-order valence-electron chi connectivity index (χ1n) is 10.8. The molecule has 3 N–H and O–H groups in total. The van der Waals surface area contributed by atoms with Crippen molar-refractivity contribution in [1.82, 2.24) is 15.1 Å². The Kier molecular flexibility index (Phi) is 8.23. The van der Waals surface area contributed by atoms with Gasteiger partial charge in [-0.25, -0.2) is 0 Å². The summed E-state index contributed by atoms with van der Waals surface area (Å²) < 4.78 is 0. The van der Waals surface area contributed by atoms with Gasteiger partial charge in [-0.3, -0.25) is 4.90 Å². The number of nitrogens with zero attached hydrogens (tertiary/aromatic N) is 2. The molecule has 0 atom stereocenters. The molecule has 7 heteroatoms. The van der Waals surface area contributed by atoms with E-state index in [1.807, 2.05) is 0 Å². The molecule has 5 nitrogen and oxygen atoms in total. The Morgan fingerprint density at radius 2 is 1.26 bits per heavy atom. The SMILES string of the molecule is Cc1cccc(C)c1NC(=S)NCCN1CCN(C(=S)Nc2c(C)cccc2C)CC1. The van der Waals surface area contributed by atoms with E-state index in [0.717, 1.165) is 55.8 Å². The molecule has 0 saturated carbocycles. The summed E-state index contributed by atoms with van der Waals surface area (Å²) in [5, 5.41) is 11.6. The zero-order chi connectivity index (χ0) is 22.4. The Labute approximate surface area is 197 Å². The lowest BCUT2D eigenvalue weighted by Crippen LogP contribution is -2.51. The molecule has 1 saturated heterocycles. The fraction of sp³-hybridized carbons (Fsp3) is 0.417. The monoisotopic (exact) mass is 455 g/mol. The number of hydrogen-bond acceptors (Lipinski definition) is 3. The van der Waals surface area contributed by atoms with Crippen molar-refractivity contribution in [1.29, 1.82) is 0 Å². The van der Waals surface area contributed by atoms with Crippen LogP contribution in [0.1, 0.15) is 22.3 Å². The van der Waals surface area contributed by atoms with Gasteiger partial charge in [0.05, 0.1) is 0 Å². The van der Waals surface area contributed by atoms with Gasteiger partial charge >= 0.3 is 0 Å². The van der Waals surface area contributed by atoms with E-state index in [0.29, 0.717) is 5.11 Å². The molecule has 0 aromatic heterocycles. The molecular formula is C24H33N5S2. The van der Waals surface area contributed by atoms with E-state index < -0.39 is 0 Å². The summed E-state index contributed by atoms with van der Waals surface area (Å²) >= 11 is 11.2. The Hall–Kier alpha value is -2.22. The standard InChI is InChI=1S/C24H33N5S2/c1-17-7-5-8-18(2)21(17)26-23(30)25-11-12-28-13-15-29(16-14-28)24(31)27-22-19(3)9-6-10-20(22)4/h5-10H,11-16H2,1-4H3,(H,27,31)(H2,25,26,30). The smallest absolute Gasteiger partial charge is 0.173 e. The minimum Gasteiger partial charge on any atom is -0.361 e. The first-order chi connectivity index (χ1) is 14.8. The van der Waals surface area contributed by atoms with Crippen molar-refractivity contribution >= 4 is 46.0 Å². The lowest BCUT2D eigenvalue weighted by atomic mass is 10.1. The number of aryl methyl sites for hydroxylation is 4. The number of nitrogens with one attached hydrogen (secondary N) is 3. The van der Waals surface area contributed by atoms with Crippen molar-refractivity contribution in [2.75, 3.05) is 49.9 Å². The van der Waals surface area contributed by atoms with Gasteiger partial charge in [0.15, 0.2) is 10.2 Å². The molecule has 0 aliphatic carbocycles. The van der Waals surface area contributed by atoms with Crippen LogP contribution in [0.2, 0.25) is 0 Å². The quantitative estimate of drug-likeness (QED) is 0.583. The van der Waals surface area contributed by atoms with Gasteiger partial charge in [-0.05, 0) is 74.4 Å². The molecule has 0 radical (unpaired) electrons. The van der Waals surface area contributed by atoms with Crippen LogP contribution in [0.3, 0.4) is 0 Å². The van der Waals surface area contributed by atoms with Crippen molar-refractivity contribution in [3.05, 3.63) is 58.7 Å². The third kappa shape index (κ3) is 6.38. The first kappa shape index (κ1) is 23.4. The van der Waals surface area contributed by atoms with Gasteiger partial charge in [-0.15, -0.1) is 0 Å². The Bertz CT molecular complexity index is 892. The maximum Gasteiger partial charge on any atom is 0.173 e. The summed E-state index contributed by atoms with van der Waals surface area (Å²) in [4.78, 5) is 4.71. The Morgan fingerprint density at radius 3 is 1.77 bits per heavy atom. The molecule has 2 aromatic rings. The summed E-state index contributed by atoms with van der Waals surface area (Å²) in [6.07, 6.45) is 0. The van der Waals surface area contributed by atoms with E-state index in [9.17, 15) is 0 Å². The predicted molar refractivity (Wildman–Crippen MR) is 140 cm³/mol. The predicted octanol–water partition coefficient (Wildman–Crippen LogP) is 4.22. The largest absolute Gasteiger partial charge is 0.361 e. The van der Waals surface area contributed by atoms with E-state index >= 15 is 0 Å². The lowest BCUT2D eigenvalue weighted by molar-refractivity contribution is 0.186. The molecule has 1 aliphatic rings. The zero-order valence-corrected chi connectivity index (χ0v) is 20.6. The maximum absolute atomic E-state index is 5.68. The second-order valence-corrected chi connectivity index (χ2v) is 8.97. The summed E-state index contributed by atoms with van der Waals surface area (Å²) in [5.41, 5.74) is 7.06. The van der Waals surface area contributed by atoms with Gasteiger partial charge in [-0.1, -0.05) is 36.4 Å². The highest BCUT2D eigenvalue weighted by atomic mass is 32.1. The summed E-state index contributed by atoms with van der Waals surface area (Å²) in [6.45, 7) is 14.0. The molecule has 0 unspecified atom stereocenters. The van der Waals surface area contributed by atoms with Gasteiger partial charge in [-0.2, -0.15) is 0 Å². The molecule has 1 heterocycles.